The number of hydrogen-bond donors (Lipinski definition) is 1. The minimum absolute atomic E-state index is 1.38. The fraction of sp³-hybridized carbons (Fsp3) is 0.857. The number of carbonyl (C=O) groups is 1. The van der Waals surface area contributed by atoms with Crippen LogP contribution in [0.3, 0.4) is 0 Å². The van der Waals surface area contributed by atoms with Crippen molar-refractivity contribution in [3.8, 4) is 0 Å². The largest absolute Gasteiger partial charge is 0.477 e. The van der Waals surface area contributed by atoms with Crippen LogP contribution in [0.1, 0.15) is 0 Å². The highest BCUT2D eigenvalue weighted by atomic mass is 19.4. The van der Waals surface area contributed by atoms with Crippen LogP contribution in [-0.2, 0) is 9.53 Å². The van der Waals surface area contributed by atoms with E-state index in [0.717, 1.165) is 0 Å². The lowest BCUT2D eigenvalue weighted by molar-refractivity contribution is -0.508. The summed E-state index contributed by atoms with van der Waals surface area (Å²) in [5.74, 6) is -26.2. The molecule has 0 bridgehead atoms. The van der Waals surface area contributed by atoms with E-state index in [1.165, 1.54) is 4.74 Å². The van der Waals surface area contributed by atoms with Gasteiger partial charge in [-0.25, -0.2) is 4.79 Å². The molecule has 0 fully saturated rings. The van der Waals surface area contributed by atoms with Crippen LogP contribution in [0.2, 0.25) is 0 Å². The van der Waals surface area contributed by atoms with Crippen LogP contribution >= 0.6 is 0 Å². The number of ether oxygens (including phenoxy) is 1. The third-order valence-corrected chi connectivity index (χ3v) is 2.03. The average Bonchev–Trinajstić information content (AvgIpc) is 2.24. The van der Waals surface area contributed by atoms with Gasteiger partial charge in [-0.2, -0.15) is 57.1 Å². The molecule has 3 nitrogen and oxygen atoms in total. The summed E-state index contributed by atoms with van der Waals surface area (Å²) in [6.07, 6.45) is -22.3. The maximum absolute atomic E-state index is 13.0. The Hall–Kier alpha value is -1.48. The first kappa shape index (κ1) is 21.5. The highest BCUT2D eigenvalue weighted by Gasteiger charge is 2.86. The van der Waals surface area contributed by atoms with Gasteiger partial charge in [-0.3, -0.25) is 4.74 Å². The molecular weight excluding hydrogens is 379 g/mol. The van der Waals surface area contributed by atoms with Gasteiger partial charge in [-0.05, 0) is 0 Å². The highest BCUT2D eigenvalue weighted by Crippen LogP contribution is 2.56. The summed E-state index contributed by atoms with van der Waals surface area (Å²) in [7, 11) is 0. The van der Waals surface area contributed by atoms with Gasteiger partial charge in [0.25, 0.3) is 0 Å². The maximum Gasteiger partial charge on any atom is 0.459 e. The van der Waals surface area contributed by atoms with Gasteiger partial charge >= 0.3 is 42.1 Å². The fourth-order valence-corrected chi connectivity index (χ4v) is 0.847. The van der Waals surface area contributed by atoms with Crippen molar-refractivity contribution < 1.29 is 71.7 Å². The summed E-state index contributed by atoms with van der Waals surface area (Å²) < 4.78 is 161. The number of rotatable bonds is 5. The van der Waals surface area contributed by atoms with Crippen LogP contribution in [0.4, 0.5) is 57.1 Å². The van der Waals surface area contributed by atoms with E-state index in [-0.39, 0.29) is 0 Å². The lowest BCUT2D eigenvalue weighted by Gasteiger charge is -2.38. The van der Waals surface area contributed by atoms with Gasteiger partial charge in [0.05, 0.1) is 0 Å². The predicted molar refractivity (Wildman–Crippen MR) is 39.5 cm³/mol. The zero-order valence-electron chi connectivity index (χ0n) is 9.68. The van der Waals surface area contributed by atoms with Crippen molar-refractivity contribution >= 4 is 5.97 Å². The molecule has 0 aliphatic carbocycles. The third kappa shape index (κ3) is 3.25. The van der Waals surface area contributed by atoms with Crippen LogP contribution in [-0.4, -0.2) is 47.2 Å². The molecule has 0 aliphatic rings. The molecule has 0 spiro atoms. The van der Waals surface area contributed by atoms with Gasteiger partial charge < -0.3 is 5.11 Å². The Kier molecular flexibility index (Phi) is 4.93. The first-order valence-corrected chi connectivity index (χ1v) is 4.54. The van der Waals surface area contributed by atoms with E-state index < -0.39 is 42.1 Å². The van der Waals surface area contributed by atoms with Crippen molar-refractivity contribution in [2.45, 2.75) is 36.2 Å². The van der Waals surface area contributed by atoms with Crippen molar-refractivity contribution in [2.24, 2.45) is 0 Å². The van der Waals surface area contributed by atoms with E-state index in [1.807, 2.05) is 0 Å². The lowest BCUT2D eigenvalue weighted by atomic mass is 10.1. The summed E-state index contributed by atoms with van der Waals surface area (Å²) in [5, 5.41) is 7.62. The Morgan fingerprint density at radius 3 is 1.26 bits per heavy atom. The van der Waals surface area contributed by atoms with E-state index in [4.69, 9.17) is 5.11 Å². The fourth-order valence-electron chi connectivity index (χ4n) is 0.847. The Bertz CT molecular complexity index is 463. The number of hydrogen-bond acceptors (Lipinski definition) is 2. The van der Waals surface area contributed by atoms with Crippen LogP contribution in [0.5, 0.6) is 0 Å². The summed E-state index contributed by atoms with van der Waals surface area (Å²) in [6.45, 7) is 0. The first-order valence-electron chi connectivity index (χ1n) is 4.54. The topological polar surface area (TPSA) is 46.5 Å². The van der Waals surface area contributed by atoms with Crippen molar-refractivity contribution in [2.75, 3.05) is 0 Å². The molecule has 0 aromatic carbocycles. The SMILES string of the molecule is O=C(O)C(F)(F)C(F)(F)OC(F)(C(F)(F)F)C(F)(F)C(F)(F)F. The molecule has 0 aromatic heterocycles. The summed E-state index contributed by atoms with van der Waals surface area (Å²) in [4.78, 5) is 9.73. The van der Waals surface area contributed by atoms with Crippen LogP contribution in [0.15, 0.2) is 0 Å². The molecule has 0 radical (unpaired) electrons. The standard InChI is InChI=1S/C7HF13O3/c8-2(9,1(21)22)7(19,20)23-4(12,6(16,17)18)3(10,11)5(13,14)15/h(H,21,22). The van der Waals surface area contributed by atoms with Crippen molar-refractivity contribution in [1.29, 1.82) is 0 Å². The zero-order valence-corrected chi connectivity index (χ0v) is 9.68. The molecule has 0 rings (SSSR count). The second-order valence-corrected chi connectivity index (χ2v) is 3.66. The third-order valence-electron chi connectivity index (χ3n) is 2.03. The highest BCUT2D eigenvalue weighted by molar-refractivity contribution is 5.76. The molecule has 0 aromatic rings. The van der Waals surface area contributed by atoms with Crippen molar-refractivity contribution in [1.82, 2.24) is 0 Å². The second-order valence-electron chi connectivity index (χ2n) is 3.66. The van der Waals surface area contributed by atoms with E-state index in [9.17, 15) is 61.9 Å². The predicted octanol–water partition coefficient (Wildman–Crippen LogP) is 3.74. The lowest BCUT2D eigenvalue weighted by Crippen LogP contribution is -2.67. The summed E-state index contributed by atoms with van der Waals surface area (Å²) in [5.41, 5.74) is 0. The van der Waals surface area contributed by atoms with Crippen molar-refractivity contribution in [3.05, 3.63) is 0 Å². The number of alkyl halides is 13. The van der Waals surface area contributed by atoms with Gasteiger partial charge in [-0.15, -0.1) is 0 Å². The second kappa shape index (κ2) is 5.27. The summed E-state index contributed by atoms with van der Waals surface area (Å²) >= 11 is 0. The van der Waals surface area contributed by atoms with Crippen molar-refractivity contribution in [3.63, 3.8) is 0 Å². The van der Waals surface area contributed by atoms with E-state index in [2.05, 4.69) is 0 Å². The van der Waals surface area contributed by atoms with Gasteiger partial charge in [0.2, 0.25) is 0 Å². The number of halogens is 13. The Morgan fingerprint density at radius 2 is 1.04 bits per heavy atom. The Labute approximate surface area is 115 Å². The Balaban J connectivity index is 6.25. The average molecular weight is 380 g/mol. The number of aliphatic carboxylic acids is 1. The minimum atomic E-state index is -7.78. The zero-order chi connectivity index (χ0) is 19.3. The van der Waals surface area contributed by atoms with Gasteiger partial charge in [0, 0.05) is 0 Å². The molecule has 1 atom stereocenters. The molecule has 0 saturated carbocycles. The molecular formula is C7HF13O3. The van der Waals surface area contributed by atoms with Crippen LogP contribution in [0, 0.1) is 0 Å². The smallest absolute Gasteiger partial charge is 0.459 e. The van der Waals surface area contributed by atoms with E-state index >= 15 is 0 Å². The maximum atomic E-state index is 13.0. The number of carboxylic acids is 1. The van der Waals surface area contributed by atoms with Crippen LogP contribution < -0.4 is 0 Å². The molecule has 0 heterocycles. The first-order chi connectivity index (χ1) is 9.65. The molecule has 1 unspecified atom stereocenters. The monoisotopic (exact) mass is 380 g/mol. The summed E-state index contributed by atoms with van der Waals surface area (Å²) in [6, 6.07) is 0. The van der Waals surface area contributed by atoms with Gasteiger partial charge in [-0.1, -0.05) is 0 Å². The van der Waals surface area contributed by atoms with Gasteiger partial charge in [0.15, 0.2) is 0 Å². The van der Waals surface area contributed by atoms with Crippen LogP contribution in [0.25, 0.3) is 0 Å². The molecule has 0 saturated heterocycles. The molecule has 0 aliphatic heterocycles. The van der Waals surface area contributed by atoms with E-state index in [1.54, 1.807) is 0 Å². The van der Waals surface area contributed by atoms with E-state index in [0.29, 0.717) is 0 Å². The number of carboxylic acid groups (broad SMARTS) is 1. The minimum Gasteiger partial charge on any atom is -0.477 e. The molecule has 1 N–H and O–H groups in total. The molecule has 138 valence electrons. The normalized spacial score (nSPS) is 17.8. The molecule has 23 heavy (non-hydrogen) atoms. The molecule has 0 amide bonds. The Morgan fingerprint density at radius 1 is 0.696 bits per heavy atom. The molecule has 16 heteroatoms. The van der Waals surface area contributed by atoms with Gasteiger partial charge in [0.1, 0.15) is 0 Å². The quantitative estimate of drug-likeness (QED) is 0.740.